The summed E-state index contributed by atoms with van der Waals surface area (Å²) in [6.45, 7) is 11.8. The second-order valence-corrected chi connectivity index (χ2v) is 13.8. The van der Waals surface area contributed by atoms with Crippen LogP contribution < -0.4 is 5.73 Å². The maximum atomic E-state index is 6.32. The molecule has 2 aromatic heterocycles. The zero-order valence-electron chi connectivity index (χ0n) is 15.2. The van der Waals surface area contributed by atoms with Crippen molar-refractivity contribution in [1.29, 1.82) is 0 Å². The summed E-state index contributed by atoms with van der Waals surface area (Å²) >= 11 is 2.32. The van der Waals surface area contributed by atoms with E-state index in [1.54, 1.807) is 6.33 Å². The molecule has 25 heavy (non-hydrogen) atoms. The van der Waals surface area contributed by atoms with E-state index in [2.05, 4.69) is 77.5 Å². The minimum Gasteiger partial charge on any atom is -0.414 e. The van der Waals surface area contributed by atoms with Gasteiger partial charge in [-0.3, -0.25) is 4.57 Å². The van der Waals surface area contributed by atoms with E-state index in [1.165, 1.54) is 6.33 Å². The SMILES string of the molecule is CC(C)(C)[Si](C)(C)OC[C@H]1O[C@@H](n2cnc3c(N)ncnc32)C=C1I. The number of ether oxygens (including phenoxy) is 1. The van der Waals surface area contributed by atoms with Crippen molar-refractivity contribution in [1.82, 2.24) is 19.5 Å². The number of nitrogens with zero attached hydrogens (tertiary/aromatic N) is 4. The molecular formula is C16H24IN5O2Si. The van der Waals surface area contributed by atoms with Crippen LogP contribution in [0.3, 0.4) is 0 Å². The summed E-state index contributed by atoms with van der Waals surface area (Å²) in [7, 11) is -1.81. The van der Waals surface area contributed by atoms with Crippen LogP contribution in [0.5, 0.6) is 0 Å². The van der Waals surface area contributed by atoms with Gasteiger partial charge >= 0.3 is 0 Å². The average molecular weight is 473 g/mol. The smallest absolute Gasteiger partial charge is 0.192 e. The van der Waals surface area contributed by atoms with E-state index in [-0.39, 0.29) is 17.4 Å². The Morgan fingerprint density at radius 1 is 1.32 bits per heavy atom. The molecule has 0 aromatic carbocycles. The van der Waals surface area contributed by atoms with E-state index in [4.69, 9.17) is 14.9 Å². The molecule has 136 valence electrons. The highest BCUT2D eigenvalue weighted by Crippen LogP contribution is 2.38. The molecule has 0 unspecified atom stereocenters. The van der Waals surface area contributed by atoms with Crippen LogP contribution in [-0.2, 0) is 9.16 Å². The Morgan fingerprint density at radius 3 is 2.72 bits per heavy atom. The van der Waals surface area contributed by atoms with Gasteiger partial charge in [0.15, 0.2) is 26.0 Å². The van der Waals surface area contributed by atoms with Gasteiger partial charge in [0.2, 0.25) is 0 Å². The summed E-state index contributed by atoms with van der Waals surface area (Å²) in [5, 5.41) is 0.176. The maximum Gasteiger partial charge on any atom is 0.192 e. The van der Waals surface area contributed by atoms with Gasteiger partial charge in [-0.05, 0) is 46.8 Å². The summed E-state index contributed by atoms with van der Waals surface area (Å²) in [6, 6.07) is 0. The Kier molecular flexibility index (Phi) is 4.95. The van der Waals surface area contributed by atoms with Crippen molar-refractivity contribution < 1.29 is 9.16 Å². The number of rotatable bonds is 4. The Hall–Kier alpha value is -1.04. The lowest BCUT2D eigenvalue weighted by atomic mass is 10.2. The monoisotopic (exact) mass is 473 g/mol. The van der Waals surface area contributed by atoms with Gasteiger partial charge in [-0.15, -0.1) is 0 Å². The van der Waals surface area contributed by atoms with Crippen molar-refractivity contribution in [3.05, 3.63) is 22.3 Å². The van der Waals surface area contributed by atoms with Crippen LogP contribution in [0.1, 0.15) is 27.0 Å². The molecule has 0 spiro atoms. The van der Waals surface area contributed by atoms with Crippen LogP contribution in [0.2, 0.25) is 18.1 Å². The summed E-state index contributed by atoms with van der Waals surface area (Å²) in [4.78, 5) is 12.6. The third-order valence-electron chi connectivity index (χ3n) is 4.98. The third-order valence-corrected chi connectivity index (χ3v) is 10.5. The molecule has 0 fully saturated rings. The molecule has 0 saturated heterocycles. The summed E-state index contributed by atoms with van der Waals surface area (Å²) in [5.41, 5.74) is 7.12. The number of nitrogen functional groups attached to an aromatic ring is 1. The summed E-state index contributed by atoms with van der Waals surface area (Å²) in [6.07, 6.45) is 4.87. The predicted molar refractivity (Wildman–Crippen MR) is 109 cm³/mol. The van der Waals surface area contributed by atoms with Crippen molar-refractivity contribution in [2.24, 2.45) is 0 Å². The molecule has 2 N–H and O–H groups in total. The van der Waals surface area contributed by atoms with Crippen LogP contribution >= 0.6 is 22.6 Å². The molecule has 0 aliphatic carbocycles. The molecule has 1 aliphatic rings. The molecule has 0 radical (unpaired) electrons. The molecule has 0 saturated carbocycles. The lowest BCUT2D eigenvalue weighted by Crippen LogP contribution is -2.42. The first-order chi connectivity index (χ1) is 11.6. The minimum absolute atomic E-state index is 0.0728. The Morgan fingerprint density at radius 2 is 2.04 bits per heavy atom. The normalized spacial score (nSPS) is 21.8. The Balaban J connectivity index is 1.74. The maximum absolute atomic E-state index is 6.32. The standard InChI is InChI=1S/C16H24IN5O2Si/c1-16(2,3)25(4,5)23-7-11-10(17)6-12(24-11)22-9-21-13-14(18)19-8-20-15(13)22/h6,8-9,11-12H,7H2,1-5H3,(H2,18,19,20)/t11-,12-/m1/s1. The van der Waals surface area contributed by atoms with E-state index in [0.29, 0.717) is 23.6 Å². The lowest BCUT2D eigenvalue weighted by molar-refractivity contribution is -0.00437. The fourth-order valence-electron chi connectivity index (χ4n) is 2.34. The number of halogens is 1. The van der Waals surface area contributed by atoms with Gasteiger partial charge in [0.05, 0.1) is 12.9 Å². The van der Waals surface area contributed by atoms with Crippen LogP contribution in [0.15, 0.2) is 22.3 Å². The zero-order valence-corrected chi connectivity index (χ0v) is 18.3. The van der Waals surface area contributed by atoms with Crippen LogP contribution in [-0.4, -0.2) is 40.5 Å². The molecule has 0 amide bonds. The van der Waals surface area contributed by atoms with Crippen LogP contribution in [0.4, 0.5) is 5.82 Å². The second-order valence-electron chi connectivity index (χ2n) is 7.72. The predicted octanol–water partition coefficient (Wildman–Crippen LogP) is 3.65. The zero-order chi connectivity index (χ0) is 18.4. The van der Waals surface area contributed by atoms with Crippen molar-refractivity contribution in [3.8, 4) is 0 Å². The fourth-order valence-corrected chi connectivity index (χ4v) is 3.97. The molecule has 2 aromatic rings. The number of imidazole rings is 1. The Labute approximate surface area is 162 Å². The molecule has 0 bridgehead atoms. The third kappa shape index (κ3) is 3.60. The van der Waals surface area contributed by atoms with Gasteiger partial charge in [0, 0.05) is 3.58 Å². The van der Waals surface area contributed by atoms with Crippen LogP contribution in [0, 0.1) is 0 Å². The fraction of sp³-hybridized carbons (Fsp3) is 0.562. The van der Waals surface area contributed by atoms with Gasteiger partial charge in [0.25, 0.3) is 0 Å². The molecule has 3 rings (SSSR count). The minimum atomic E-state index is -1.81. The summed E-state index contributed by atoms with van der Waals surface area (Å²) < 4.78 is 15.5. The number of nitrogens with two attached hydrogens (primary N) is 1. The number of hydrogen-bond acceptors (Lipinski definition) is 6. The average Bonchev–Trinajstić information content (AvgIpc) is 3.08. The first-order valence-electron chi connectivity index (χ1n) is 8.20. The number of aromatic nitrogens is 4. The molecule has 9 heteroatoms. The molecule has 3 heterocycles. The second kappa shape index (κ2) is 6.60. The van der Waals surface area contributed by atoms with Crippen molar-refractivity contribution in [2.45, 2.75) is 51.2 Å². The number of hydrogen-bond donors (Lipinski definition) is 1. The first kappa shape index (κ1) is 18.7. The lowest BCUT2D eigenvalue weighted by Gasteiger charge is -2.37. The highest BCUT2D eigenvalue weighted by Gasteiger charge is 2.39. The quantitative estimate of drug-likeness (QED) is 0.539. The van der Waals surface area contributed by atoms with Crippen molar-refractivity contribution >= 4 is 47.9 Å². The van der Waals surface area contributed by atoms with E-state index in [1.807, 2.05) is 4.57 Å². The molecule has 1 aliphatic heterocycles. The van der Waals surface area contributed by atoms with Crippen molar-refractivity contribution in [2.75, 3.05) is 12.3 Å². The van der Waals surface area contributed by atoms with Gasteiger partial charge in [-0.25, -0.2) is 15.0 Å². The van der Waals surface area contributed by atoms with Gasteiger partial charge in [-0.2, -0.15) is 0 Å². The number of fused-ring (bicyclic) bond motifs is 1. The molecule has 7 nitrogen and oxygen atoms in total. The van der Waals surface area contributed by atoms with E-state index in [9.17, 15) is 0 Å². The van der Waals surface area contributed by atoms with Gasteiger partial charge in [0.1, 0.15) is 17.9 Å². The van der Waals surface area contributed by atoms with Gasteiger partial charge < -0.3 is 14.9 Å². The topological polar surface area (TPSA) is 88.1 Å². The van der Waals surface area contributed by atoms with E-state index < -0.39 is 8.32 Å². The van der Waals surface area contributed by atoms with Gasteiger partial charge in [-0.1, -0.05) is 20.8 Å². The van der Waals surface area contributed by atoms with Crippen LogP contribution in [0.25, 0.3) is 11.2 Å². The molecule has 2 atom stereocenters. The molecular weight excluding hydrogens is 449 g/mol. The number of anilines is 1. The summed E-state index contributed by atoms with van der Waals surface area (Å²) in [5.74, 6) is 0.373. The van der Waals surface area contributed by atoms with Crippen molar-refractivity contribution in [3.63, 3.8) is 0 Å². The highest BCUT2D eigenvalue weighted by molar-refractivity contribution is 14.1. The first-order valence-corrected chi connectivity index (χ1v) is 12.2. The largest absolute Gasteiger partial charge is 0.414 e. The van der Waals surface area contributed by atoms with E-state index >= 15 is 0 Å². The Bertz CT molecular complexity index is 814. The highest BCUT2D eigenvalue weighted by atomic mass is 127. The van der Waals surface area contributed by atoms with E-state index in [0.717, 1.165) is 3.58 Å².